The summed E-state index contributed by atoms with van der Waals surface area (Å²) in [5.74, 6) is -0.399. The molecular weight excluding hydrogens is 235 g/mol. The minimum Gasteiger partial charge on any atom is -0.378 e. The number of carbonyl (C=O) groups is 1. The molecule has 0 saturated heterocycles. The van der Waals surface area contributed by atoms with Gasteiger partial charge < -0.3 is 10.1 Å². The fourth-order valence-electron chi connectivity index (χ4n) is 0.994. The topological polar surface area (TPSA) is 51.2 Å². The molecule has 1 amide bonds. The average molecular weight is 247 g/mol. The molecule has 0 unspecified atom stereocenters. The van der Waals surface area contributed by atoms with Crippen LogP contribution in [0, 0.1) is 5.82 Å². The molecule has 0 bridgehead atoms. The number of hydrogen-bond acceptors (Lipinski definition) is 3. The van der Waals surface area contributed by atoms with Crippen LogP contribution in [0.25, 0.3) is 0 Å². The van der Waals surface area contributed by atoms with Crippen LogP contribution in [-0.4, -0.2) is 36.5 Å². The Balaban J connectivity index is 2.27. The zero-order valence-corrected chi connectivity index (χ0v) is 9.34. The van der Waals surface area contributed by atoms with E-state index in [4.69, 9.17) is 16.3 Å². The smallest absolute Gasteiger partial charge is 0.269 e. The average Bonchev–Trinajstić information content (AvgIpc) is 2.29. The molecule has 0 aromatic carbocycles. The van der Waals surface area contributed by atoms with Crippen molar-refractivity contribution in [2.45, 2.75) is 0 Å². The van der Waals surface area contributed by atoms with E-state index in [1.807, 2.05) is 0 Å². The van der Waals surface area contributed by atoms with Crippen LogP contribution >= 0.6 is 11.6 Å². The maximum atomic E-state index is 12.5. The molecule has 1 N–H and O–H groups in total. The fraction of sp³-hybridized carbons (Fsp3) is 0.400. The molecule has 88 valence electrons. The summed E-state index contributed by atoms with van der Waals surface area (Å²) in [6.45, 7) is 1.21. The minimum absolute atomic E-state index is 0.179. The van der Waals surface area contributed by atoms with Crippen LogP contribution in [-0.2, 0) is 4.74 Å². The Hall–Kier alpha value is -1.20. The third-order valence-corrected chi connectivity index (χ3v) is 1.87. The molecule has 1 aromatic heterocycles. The maximum absolute atomic E-state index is 12.5. The summed E-state index contributed by atoms with van der Waals surface area (Å²) in [6, 6.07) is 2.51. The van der Waals surface area contributed by atoms with Crippen molar-refractivity contribution in [1.29, 1.82) is 0 Å². The van der Waals surface area contributed by atoms with Crippen LogP contribution in [0.3, 0.4) is 0 Å². The lowest BCUT2D eigenvalue weighted by atomic mass is 10.3. The summed E-state index contributed by atoms with van der Waals surface area (Å²) in [7, 11) is 0. The van der Waals surface area contributed by atoms with Gasteiger partial charge in [-0.05, 0) is 12.1 Å². The van der Waals surface area contributed by atoms with Gasteiger partial charge in [-0.2, -0.15) is 0 Å². The summed E-state index contributed by atoms with van der Waals surface area (Å²) in [5, 5.41) is 2.59. The van der Waals surface area contributed by atoms with Crippen LogP contribution in [0.1, 0.15) is 10.5 Å². The van der Waals surface area contributed by atoms with Gasteiger partial charge in [0, 0.05) is 12.4 Å². The molecular formula is C10H12ClFN2O2. The Morgan fingerprint density at radius 1 is 1.50 bits per heavy atom. The second kappa shape index (κ2) is 7.14. The first-order chi connectivity index (χ1) is 7.74. The van der Waals surface area contributed by atoms with E-state index in [2.05, 4.69) is 10.3 Å². The molecule has 1 rings (SSSR count). The molecule has 0 aliphatic carbocycles. The van der Waals surface area contributed by atoms with E-state index in [1.165, 1.54) is 12.1 Å². The second-order valence-corrected chi connectivity index (χ2v) is 3.30. The zero-order valence-electron chi connectivity index (χ0n) is 8.58. The van der Waals surface area contributed by atoms with Crippen LogP contribution in [0.2, 0.25) is 0 Å². The van der Waals surface area contributed by atoms with Gasteiger partial charge in [-0.15, -0.1) is 11.6 Å². The first kappa shape index (κ1) is 12.9. The molecule has 4 nitrogen and oxygen atoms in total. The molecule has 1 heterocycles. The molecule has 0 aliphatic rings. The van der Waals surface area contributed by atoms with E-state index in [-0.39, 0.29) is 11.6 Å². The summed E-state index contributed by atoms with van der Waals surface area (Å²) in [6.07, 6.45) is 0.999. The highest BCUT2D eigenvalue weighted by atomic mass is 35.5. The van der Waals surface area contributed by atoms with Crippen LogP contribution in [0.4, 0.5) is 4.39 Å². The van der Waals surface area contributed by atoms with Gasteiger partial charge in [-0.25, -0.2) is 9.37 Å². The van der Waals surface area contributed by atoms with Gasteiger partial charge in [0.2, 0.25) is 0 Å². The quantitative estimate of drug-likeness (QED) is 0.606. The highest BCUT2D eigenvalue weighted by Gasteiger charge is 2.05. The highest BCUT2D eigenvalue weighted by Crippen LogP contribution is 1.97. The molecule has 6 heteroatoms. The number of halogens is 2. The lowest BCUT2D eigenvalue weighted by molar-refractivity contribution is 0.0918. The van der Waals surface area contributed by atoms with Crippen molar-refractivity contribution in [3.8, 4) is 0 Å². The third-order valence-electron chi connectivity index (χ3n) is 1.71. The monoisotopic (exact) mass is 246 g/mol. The summed E-state index contributed by atoms with van der Waals surface area (Å²) < 4.78 is 17.6. The fourth-order valence-corrected chi connectivity index (χ4v) is 1.10. The number of carbonyl (C=O) groups excluding carboxylic acids is 1. The minimum atomic E-state index is -0.470. The number of pyridine rings is 1. The van der Waals surface area contributed by atoms with Gasteiger partial charge in [0.15, 0.2) is 0 Å². The molecule has 0 atom stereocenters. The number of hydrogen-bond donors (Lipinski definition) is 1. The number of aromatic nitrogens is 1. The summed E-state index contributed by atoms with van der Waals surface area (Å²) in [5.41, 5.74) is 0.179. The Kier molecular flexibility index (Phi) is 5.74. The maximum Gasteiger partial charge on any atom is 0.269 e. The molecule has 16 heavy (non-hydrogen) atoms. The van der Waals surface area contributed by atoms with Gasteiger partial charge >= 0.3 is 0 Å². The van der Waals surface area contributed by atoms with E-state index in [0.717, 1.165) is 6.20 Å². The Morgan fingerprint density at radius 3 is 2.94 bits per heavy atom. The SMILES string of the molecule is O=C(NCCOCCCl)c1ccc(F)cn1. The van der Waals surface area contributed by atoms with Crippen molar-refractivity contribution in [1.82, 2.24) is 10.3 Å². The zero-order chi connectivity index (χ0) is 11.8. The standard InChI is InChI=1S/C10H12ClFN2O2/c11-3-5-16-6-4-13-10(15)9-2-1-8(12)7-14-9/h1-2,7H,3-6H2,(H,13,15). The van der Waals surface area contributed by atoms with Crippen LogP contribution < -0.4 is 5.32 Å². The summed E-state index contributed by atoms with van der Waals surface area (Å²) >= 11 is 5.40. The molecule has 1 aromatic rings. The number of nitrogens with zero attached hydrogens (tertiary/aromatic N) is 1. The van der Waals surface area contributed by atoms with E-state index >= 15 is 0 Å². The molecule has 0 saturated carbocycles. The first-order valence-corrected chi connectivity index (χ1v) is 5.31. The lowest BCUT2D eigenvalue weighted by Gasteiger charge is -2.04. The van der Waals surface area contributed by atoms with Crippen molar-refractivity contribution in [3.63, 3.8) is 0 Å². The molecule has 0 aliphatic heterocycles. The van der Waals surface area contributed by atoms with Crippen LogP contribution in [0.5, 0.6) is 0 Å². The number of alkyl halides is 1. The third kappa shape index (κ3) is 4.55. The Morgan fingerprint density at radius 2 is 2.31 bits per heavy atom. The number of amides is 1. The second-order valence-electron chi connectivity index (χ2n) is 2.92. The molecule has 0 fully saturated rings. The Bertz CT molecular complexity index is 332. The summed E-state index contributed by atoms with van der Waals surface area (Å²) in [4.78, 5) is 15.1. The first-order valence-electron chi connectivity index (χ1n) is 4.77. The molecule has 0 radical (unpaired) electrons. The van der Waals surface area contributed by atoms with E-state index in [0.29, 0.717) is 25.6 Å². The van der Waals surface area contributed by atoms with Gasteiger partial charge in [0.25, 0.3) is 5.91 Å². The van der Waals surface area contributed by atoms with Crippen molar-refractivity contribution < 1.29 is 13.9 Å². The van der Waals surface area contributed by atoms with Crippen molar-refractivity contribution >= 4 is 17.5 Å². The van der Waals surface area contributed by atoms with E-state index in [9.17, 15) is 9.18 Å². The molecule has 0 spiro atoms. The number of ether oxygens (including phenoxy) is 1. The predicted octanol–water partition coefficient (Wildman–Crippen LogP) is 1.21. The van der Waals surface area contributed by atoms with Gasteiger partial charge in [-0.3, -0.25) is 4.79 Å². The Labute approximate surface area is 97.8 Å². The van der Waals surface area contributed by atoms with Crippen molar-refractivity contribution in [2.75, 3.05) is 25.6 Å². The number of rotatable bonds is 6. The van der Waals surface area contributed by atoms with Crippen molar-refractivity contribution in [3.05, 3.63) is 29.8 Å². The normalized spacial score (nSPS) is 10.1. The highest BCUT2D eigenvalue weighted by molar-refractivity contribution is 6.17. The van der Waals surface area contributed by atoms with Gasteiger partial charge in [0.1, 0.15) is 11.5 Å². The van der Waals surface area contributed by atoms with E-state index in [1.54, 1.807) is 0 Å². The predicted molar refractivity (Wildman–Crippen MR) is 58.1 cm³/mol. The number of nitrogens with one attached hydrogen (secondary N) is 1. The van der Waals surface area contributed by atoms with Gasteiger partial charge in [-0.1, -0.05) is 0 Å². The van der Waals surface area contributed by atoms with Gasteiger partial charge in [0.05, 0.1) is 19.4 Å². The van der Waals surface area contributed by atoms with Crippen molar-refractivity contribution in [2.24, 2.45) is 0 Å². The lowest BCUT2D eigenvalue weighted by Crippen LogP contribution is -2.28. The largest absolute Gasteiger partial charge is 0.378 e. The van der Waals surface area contributed by atoms with Crippen LogP contribution in [0.15, 0.2) is 18.3 Å². The van der Waals surface area contributed by atoms with E-state index < -0.39 is 5.82 Å².